The Hall–Kier alpha value is -3.18. The van der Waals surface area contributed by atoms with Gasteiger partial charge in [-0.25, -0.2) is 4.98 Å². The van der Waals surface area contributed by atoms with Crippen LogP contribution < -0.4 is 10.1 Å². The molecule has 0 aliphatic carbocycles. The lowest BCUT2D eigenvalue weighted by Gasteiger charge is -2.09. The highest BCUT2D eigenvalue weighted by Crippen LogP contribution is 2.32. The molecule has 0 unspecified atom stereocenters. The molecule has 4 rings (SSSR count). The molecule has 4 nitrogen and oxygen atoms in total. The summed E-state index contributed by atoms with van der Waals surface area (Å²) < 4.78 is 6.86. The number of rotatable bonds is 4. The molecule has 0 saturated heterocycles. The van der Waals surface area contributed by atoms with Crippen molar-refractivity contribution in [3.63, 3.8) is 0 Å². The lowest BCUT2D eigenvalue weighted by atomic mass is 10.1. The molecule has 0 fully saturated rings. The first-order valence-electron chi connectivity index (χ1n) is 7.76. The number of hydrogen-bond acceptors (Lipinski definition) is 4. The average molecular weight is 346 g/mol. The van der Waals surface area contributed by atoms with Crippen LogP contribution in [0, 0.1) is 0 Å². The zero-order valence-corrected chi connectivity index (χ0v) is 14.0. The van der Waals surface area contributed by atoms with Gasteiger partial charge in [0.15, 0.2) is 5.75 Å². The van der Waals surface area contributed by atoms with Crippen molar-refractivity contribution in [3.8, 4) is 11.5 Å². The lowest BCUT2D eigenvalue weighted by Crippen LogP contribution is -2.11. The number of para-hydroxylation sites is 2. The SMILES string of the molecule is O=C(Nc1ccccc1)c1cc(Oc2ccccc2)c2ncsc2c1. The topological polar surface area (TPSA) is 51.2 Å². The number of ether oxygens (including phenoxy) is 1. The van der Waals surface area contributed by atoms with Gasteiger partial charge in [-0.2, -0.15) is 0 Å². The van der Waals surface area contributed by atoms with E-state index < -0.39 is 0 Å². The number of thiazole rings is 1. The molecule has 3 aromatic carbocycles. The summed E-state index contributed by atoms with van der Waals surface area (Å²) in [7, 11) is 0. The van der Waals surface area contributed by atoms with Gasteiger partial charge in [0, 0.05) is 11.3 Å². The van der Waals surface area contributed by atoms with Gasteiger partial charge in [-0.05, 0) is 36.4 Å². The maximum atomic E-state index is 12.6. The van der Waals surface area contributed by atoms with Crippen molar-refractivity contribution >= 4 is 33.1 Å². The van der Waals surface area contributed by atoms with Gasteiger partial charge in [-0.3, -0.25) is 4.79 Å². The van der Waals surface area contributed by atoms with E-state index in [1.807, 2.05) is 66.7 Å². The van der Waals surface area contributed by atoms with Crippen LogP contribution in [0.25, 0.3) is 10.2 Å². The number of anilines is 1. The number of carbonyl (C=O) groups excluding carboxylic acids is 1. The number of aromatic nitrogens is 1. The van der Waals surface area contributed by atoms with Gasteiger partial charge < -0.3 is 10.1 Å². The Morgan fingerprint density at radius 1 is 0.960 bits per heavy atom. The maximum Gasteiger partial charge on any atom is 0.255 e. The fourth-order valence-electron chi connectivity index (χ4n) is 2.48. The third-order valence-electron chi connectivity index (χ3n) is 3.67. The van der Waals surface area contributed by atoms with Crippen LogP contribution in [0.2, 0.25) is 0 Å². The molecule has 1 N–H and O–H groups in total. The van der Waals surface area contributed by atoms with Crippen LogP contribution in [-0.4, -0.2) is 10.9 Å². The molecule has 0 aliphatic rings. The van der Waals surface area contributed by atoms with Crippen LogP contribution in [0.3, 0.4) is 0 Å². The van der Waals surface area contributed by atoms with Crippen molar-refractivity contribution in [3.05, 3.63) is 83.9 Å². The largest absolute Gasteiger partial charge is 0.455 e. The number of benzene rings is 3. The molecular formula is C20H14N2O2S. The molecule has 122 valence electrons. The van der Waals surface area contributed by atoms with Gasteiger partial charge in [0.05, 0.1) is 10.2 Å². The molecule has 5 heteroatoms. The van der Waals surface area contributed by atoms with E-state index in [-0.39, 0.29) is 5.91 Å². The number of amides is 1. The third-order valence-corrected chi connectivity index (χ3v) is 4.44. The average Bonchev–Trinajstić information content (AvgIpc) is 3.12. The fraction of sp³-hybridized carbons (Fsp3) is 0. The smallest absolute Gasteiger partial charge is 0.255 e. The molecule has 0 saturated carbocycles. The number of nitrogens with zero attached hydrogens (tertiary/aromatic N) is 1. The summed E-state index contributed by atoms with van der Waals surface area (Å²) in [4.78, 5) is 17.0. The fourth-order valence-corrected chi connectivity index (χ4v) is 3.22. The monoisotopic (exact) mass is 346 g/mol. The molecule has 0 spiro atoms. The van der Waals surface area contributed by atoms with Gasteiger partial charge in [0.2, 0.25) is 0 Å². The van der Waals surface area contributed by atoms with Crippen LogP contribution in [0.5, 0.6) is 11.5 Å². The highest BCUT2D eigenvalue weighted by Gasteiger charge is 2.14. The molecule has 4 aromatic rings. The van der Waals surface area contributed by atoms with E-state index in [1.165, 1.54) is 11.3 Å². The van der Waals surface area contributed by atoms with Crippen molar-refractivity contribution in [1.29, 1.82) is 0 Å². The second-order valence-corrected chi connectivity index (χ2v) is 6.30. The van der Waals surface area contributed by atoms with Crippen molar-refractivity contribution in [2.75, 3.05) is 5.32 Å². The Balaban J connectivity index is 1.69. The molecule has 1 heterocycles. The van der Waals surface area contributed by atoms with Crippen LogP contribution >= 0.6 is 11.3 Å². The normalized spacial score (nSPS) is 10.6. The first-order chi connectivity index (χ1) is 12.3. The summed E-state index contributed by atoms with van der Waals surface area (Å²) in [5, 5.41) is 2.90. The molecule has 0 radical (unpaired) electrons. The van der Waals surface area contributed by atoms with E-state index in [1.54, 1.807) is 11.6 Å². The predicted molar refractivity (Wildman–Crippen MR) is 101 cm³/mol. The minimum absolute atomic E-state index is 0.181. The zero-order valence-electron chi connectivity index (χ0n) is 13.2. The number of hydrogen-bond donors (Lipinski definition) is 1. The predicted octanol–water partition coefficient (Wildman–Crippen LogP) is 5.34. The molecule has 1 aromatic heterocycles. The van der Waals surface area contributed by atoms with Crippen LogP contribution in [0.4, 0.5) is 5.69 Å². The molecular weight excluding hydrogens is 332 g/mol. The Morgan fingerprint density at radius 2 is 1.68 bits per heavy atom. The summed E-state index contributed by atoms with van der Waals surface area (Å²) in [6.45, 7) is 0. The van der Waals surface area contributed by atoms with Crippen molar-refractivity contribution in [2.45, 2.75) is 0 Å². The minimum atomic E-state index is -0.181. The quantitative estimate of drug-likeness (QED) is 0.542. The Bertz CT molecular complexity index is 1010. The van der Waals surface area contributed by atoms with Gasteiger partial charge in [0.25, 0.3) is 5.91 Å². The second kappa shape index (κ2) is 6.75. The maximum absolute atomic E-state index is 12.6. The van der Waals surface area contributed by atoms with Gasteiger partial charge in [-0.1, -0.05) is 36.4 Å². The van der Waals surface area contributed by atoms with Crippen LogP contribution in [-0.2, 0) is 0 Å². The molecule has 0 atom stereocenters. The second-order valence-electron chi connectivity index (χ2n) is 5.41. The van der Waals surface area contributed by atoms with Crippen molar-refractivity contribution < 1.29 is 9.53 Å². The highest BCUT2D eigenvalue weighted by atomic mass is 32.1. The number of nitrogens with one attached hydrogen (secondary N) is 1. The Kier molecular flexibility index (Phi) is 4.14. The summed E-state index contributed by atoms with van der Waals surface area (Å²) in [5.74, 6) is 1.10. The minimum Gasteiger partial charge on any atom is -0.455 e. The number of fused-ring (bicyclic) bond motifs is 1. The standard InChI is InChI=1S/C20H14N2O2S/c23-20(22-15-7-3-1-4-8-15)14-11-17(19-18(12-14)25-13-21-19)24-16-9-5-2-6-10-16/h1-13H,(H,22,23). The van der Waals surface area contributed by atoms with E-state index >= 15 is 0 Å². The third kappa shape index (κ3) is 3.36. The first kappa shape index (κ1) is 15.4. The van der Waals surface area contributed by atoms with Crippen molar-refractivity contribution in [1.82, 2.24) is 4.98 Å². The van der Waals surface area contributed by atoms with E-state index in [4.69, 9.17) is 4.74 Å². The Morgan fingerprint density at radius 3 is 2.44 bits per heavy atom. The number of carbonyl (C=O) groups is 1. The molecule has 25 heavy (non-hydrogen) atoms. The van der Waals surface area contributed by atoms with Crippen LogP contribution in [0.15, 0.2) is 78.3 Å². The van der Waals surface area contributed by atoms with Crippen molar-refractivity contribution in [2.24, 2.45) is 0 Å². The van der Waals surface area contributed by atoms with E-state index in [9.17, 15) is 4.79 Å². The first-order valence-corrected chi connectivity index (χ1v) is 8.64. The summed E-state index contributed by atoms with van der Waals surface area (Å²) in [6.07, 6.45) is 0. The van der Waals surface area contributed by atoms with Gasteiger partial charge in [0.1, 0.15) is 11.3 Å². The lowest BCUT2D eigenvalue weighted by molar-refractivity contribution is 0.102. The van der Waals surface area contributed by atoms with Gasteiger partial charge in [-0.15, -0.1) is 11.3 Å². The molecule has 1 amide bonds. The van der Waals surface area contributed by atoms with E-state index in [0.717, 1.165) is 15.9 Å². The van der Waals surface area contributed by atoms with E-state index in [0.29, 0.717) is 17.1 Å². The zero-order chi connectivity index (χ0) is 17.1. The molecule has 0 aliphatic heterocycles. The Labute approximate surface area is 148 Å². The summed E-state index contributed by atoms with van der Waals surface area (Å²) in [6, 6.07) is 22.4. The van der Waals surface area contributed by atoms with E-state index in [2.05, 4.69) is 10.3 Å². The van der Waals surface area contributed by atoms with Gasteiger partial charge >= 0.3 is 0 Å². The summed E-state index contributed by atoms with van der Waals surface area (Å²) >= 11 is 1.48. The highest BCUT2D eigenvalue weighted by molar-refractivity contribution is 7.16. The summed E-state index contributed by atoms with van der Waals surface area (Å²) in [5.41, 5.74) is 3.79. The molecule has 0 bridgehead atoms. The van der Waals surface area contributed by atoms with Crippen LogP contribution in [0.1, 0.15) is 10.4 Å².